The van der Waals surface area contributed by atoms with Crippen molar-refractivity contribution in [2.45, 2.75) is 32.6 Å². The maximum Gasteiger partial charge on any atom is 0.229 e. The van der Waals surface area contributed by atoms with Gasteiger partial charge >= 0.3 is 0 Å². The van der Waals surface area contributed by atoms with E-state index in [2.05, 4.69) is 26.7 Å². The minimum atomic E-state index is -0.122. The van der Waals surface area contributed by atoms with Gasteiger partial charge in [0.1, 0.15) is 12.0 Å². The molecule has 21 heavy (non-hydrogen) atoms. The molecule has 7 heteroatoms. The highest BCUT2D eigenvalue weighted by Crippen LogP contribution is 2.28. The fourth-order valence-corrected chi connectivity index (χ4v) is 2.23. The number of hydrogen-bond acceptors (Lipinski definition) is 6. The number of carbonyl (C=O) groups excluding carboxylic acids is 2. The lowest BCUT2D eigenvalue weighted by atomic mass is 10.1. The first-order chi connectivity index (χ1) is 10.2. The lowest BCUT2D eigenvalue weighted by Gasteiger charge is -2.24. The van der Waals surface area contributed by atoms with E-state index in [0.29, 0.717) is 49.4 Å². The fourth-order valence-electron chi connectivity index (χ4n) is 2.23. The first kappa shape index (κ1) is 15.0. The molecule has 110 valence electrons. The maximum absolute atomic E-state index is 11.8. The lowest BCUT2D eigenvalue weighted by molar-refractivity contribution is -0.147. The molecule has 1 fully saturated rings. The van der Waals surface area contributed by atoms with Gasteiger partial charge in [-0.1, -0.05) is 0 Å². The van der Waals surface area contributed by atoms with Gasteiger partial charge in [-0.05, 0) is 20.1 Å². The standard InChI is InChI=1S/C14H17N5O2/c1-3-16-13-10(17-9-18-14(13)15-2)7-8-19-11(20)5-4-6-12(19)21/h3,9H,2,4-8H2,1H3. The molecule has 2 amide bonds. The predicted octanol–water partition coefficient (Wildman–Crippen LogP) is 1.61. The molecule has 0 aromatic carbocycles. The summed E-state index contributed by atoms with van der Waals surface area (Å²) in [6.45, 7) is 5.54. The van der Waals surface area contributed by atoms with Crippen molar-refractivity contribution in [2.24, 2.45) is 9.98 Å². The second-order valence-electron chi connectivity index (χ2n) is 4.58. The van der Waals surface area contributed by atoms with Crippen LogP contribution in [0.5, 0.6) is 0 Å². The molecule has 0 saturated carbocycles. The Balaban J connectivity index is 2.18. The van der Waals surface area contributed by atoms with E-state index in [0.717, 1.165) is 0 Å². The third kappa shape index (κ3) is 3.36. The summed E-state index contributed by atoms with van der Waals surface area (Å²) in [7, 11) is 0. The highest BCUT2D eigenvalue weighted by atomic mass is 16.2. The molecule has 1 saturated heterocycles. The van der Waals surface area contributed by atoms with Gasteiger partial charge < -0.3 is 0 Å². The van der Waals surface area contributed by atoms with Gasteiger partial charge in [-0.3, -0.25) is 19.5 Å². The molecule has 1 aliphatic rings. The van der Waals surface area contributed by atoms with Crippen LogP contribution < -0.4 is 0 Å². The Kier molecular flexibility index (Phi) is 4.86. The Morgan fingerprint density at radius 3 is 2.67 bits per heavy atom. The molecule has 0 atom stereocenters. The van der Waals surface area contributed by atoms with Crippen molar-refractivity contribution >= 4 is 36.3 Å². The second-order valence-corrected chi connectivity index (χ2v) is 4.58. The van der Waals surface area contributed by atoms with Crippen molar-refractivity contribution in [3.05, 3.63) is 12.0 Å². The Morgan fingerprint density at radius 1 is 1.33 bits per heavy atom. The van der Waals surface area contributed by atoms with Crippen LogP contribution in [0, 0.1) is 0 Å². The summed E-state index contributed by atoms with van der Waals surface area (Å²) in [5, 5.41) is 0. The van der Waals surface area contributed by atoms with E-state index in [1.54, 1.807) is 13.1 Å². The molecular weight excluding hydrogens is 270 g/mol. The number of piperidine rings is 1. The SMILES string of the molecule is C=Nc1ncnc(CCN2C(=O)CCCC2=O)c1N=CC. The molecular formula is C14H17N5O2. The van der Waals surface area contributed by atoms with Crippen LogP contribution in [0.25, 0.3) is 0 Å². The number of likely N-dealkylation sites (tertiary alicyclic amines) is 1. The van der Waals surface area contributed by atoms with Crippen LogP contribution in [0.4, 0.5) is 11.5 Å². The highest BCUT2D eigenvalue weighted by Gasteiger charge is 2.25. The van der Waals surface area contributed by atoms with Crippen LogP contribution in [0.2, 0.25) is 0 Å². The van der Waals surface area contributed by atoms with E-state index < -0.39 is 0 Å². The molecule has 7 nitrogen and oxygen atoms in total. The molecule has 2 rings (SSSR count). The Hall–Kier alpha value is -2.44. The summed E-state index contributed by atoms with van der Waals surface area (Å²) in [4.78, 5) is 41.0. The van der Waals surface area contributed by atoms with Gasteiger partial charge in [0.25, 0.3) is 0 Å². The van der Waals surface area contributed by atoms with Gasteiger partial charge in [-0.2, -0.15) is 0 Å². The maximum atomic E-state index is 11.8. The molecule has 0 N–H and O–H groups in total. The van der Waals surface area contributed by atoms with Gasteiger partial charge in [0.15, 0.2) is 5.82 Å². The molecule has 1 aliphatic heterocycles. The van der Waals surface area contributed by atoms with E-state index in [1.165, 1.54) is 11.2 Å². The average Bonchev–Trinajstić information content (AvgIpc) is 2.48. The molecule has 0 spiro atoms. The topological polar surface area (TPSA) is 87.9 Å². The van der Waals surface area contributed by atoms with Crippen LogP contribution in [-0.4, -0.2) is 46.2 Å². The number of amides is 2. The largest absolute Gasteiger partial charge is 0.282 e. The van der Waals surface area contributed by atoms with Crippen LogP contribution >= 0.6 is 0 Å². The fraction of sp³-hybridized carbons (Fsp3) is 0.429. The number of aliphatic imine (C=N–C) groups is 2. The zero-order valence-electron chi connectivity index (χ0n) is 11.9. The summed E-state index contributed by atoms with van der Waals surface area (Å²) in [6.07, 6.45) is 4.92. The smallest absolute Gasteiger partial charge is 0.229 e. The van der Waals surface area contributed by atoms with E-state index >= 15 is 0 Å². The first-order valence-electron chi connectivity index (χ1n) is 6.79. The van der Waals surface area contributed by atoms with Crippen LogP contribution in [-0.2, 0) is 16.0 Å². The zero-order chi connectivity index (χ0) is 15.2. The Morgan fingerprint density at radius 2 is 2.05 bits per heavy atom. The number of aromatic nitrogens is 2. The first-order valence-corrected chi connectivity index (χ1v) is 6.79. The molecule has 1 aromatic rings. The van der Waals surface area contributed by atoms with Gasteiger partial charge in [0, 0.05) is 32.0 Å². The van der Waals surface area contributed by atoms with Crippen LogP contribution in [0.1, 0.15) is 31.9 Å². The molecule has 2 heterocycles. The second kappa shape index (κ2) is 6.83. The Labute approximate surface area is 122 Å². The third-order valence-corrected chi connectivity index (χ3v) is 3.24. The summed E-state index contributed by atoms with van der Waals surface area (Å²) in [5.41, 5.74) is 1.18. The average molecular weight is 287 g/mol. The monoisotopic (exact) mass is 287 g/mol. The minimum absolute atomic E-state index is 0.122. The van der Waals surface area contributed by atoms with Crippen molar-refractivity contribution < 1.29 is 9.59 Å². The van der Waals surface area contributed by atoms with E-state index in [4.69, 9.17) is 0 Å². The normalized spacial score (nSPS) is 15.8. The van der Waals surface area contributed by atoms with Gasteiger partial charge in [0.2, 0.25) is 11.8 Å². The van der Waals surface area contributed by atoms with Crippen molar-refractivity contribution in [1.82, 2.24) is 14.9 Å². The zero-order valence-corrected chi connectivity index (χ0v) is 11.9. The van der Waals surface area contributed by atoms with Crippen molar-refractivity contribution in [3.63, 3.8) is 0 Å². The van der Waals surface area contributed by atoms with Crippen molar-refractivity contribution in [1.29, 1.82) is 0 Å². The molecule has 0 bridgehead atoms. The minimum Gasteiger partial charge on any atom is -0.282 e. The van der Waals surface area contributed by atoms with Crippen molar-refractivity contribution in [3.8, 4) is 0 Å². The summed E-state index contributed by atoms with van der Waals surface area (Å²) in [5.74, 6) is 0.153. The van der Waals surface area contributed by atoms with E-state index in [-0.39, 0.29) is 11.8 Å². The van der Waals surface area contributed by atoms with Gasteiger partial charge in [-0.15, -0.1) is 0 Å². The summed E-state index contributed by atoms with van der Waals surface area (Å²) < 4.78 is 0. The summed E-state index contributed by atoms with van der Waals surface area (Å²) in [6, 6.07) is 0. The van der Waals surface area contributed by atoms with Gasteiger partial charge in [-0.25, -0.2) is 15.0 Å². The highest BCUT2D eigenvalue weighted by molar-refractivity contribution is 5.97. The van der Waals surface area contributed by atoms with Crippen LogP contribution in [0.3, 0.4) is 0 Å². The third-order valence-electron chi connectivity index (χ3n) is 3.24. The van der Waals surface area contributed by atoms with E-state index in [9.17, 15) is 9.59 Å². The molecule has 1 aromatic heterocycles. The molecule has 0 unspecified atom stereocenters. The predicted molar refractivity (Wildman–Crippen MR) is 79.3 cm³/mol. The number of hydrogen-bond donors (Lipinski definition) is 0. The quantitative estimate of drug-likeness (QED) is 0.608. The molecule has 0 radical (unpaired) electrons. The number of nitrogens with zero attached hydrogens (tertiary/aromatic N) is 5. The number of carbonyl (C=O) groups is 2. The lowest BCUT2D eigenvalue weighted by Crippen LogP contribution is -2.41. The van der Waals surface area contributed by atoms with E-state index in [1.807, 2.05) is 0 Å². The van der Waals surface area contributed by atoms with Crippen LogP contribution in [0.15, 0.2) is 16.3 Å². The number of rotatable bonds is 5. The molecule has 0 aliphatic carbocycles. The Bertz CT molecular complexity index is 581. The number of imide groups is 1. The summed E-state index contributed by atoms with van der Waals surface area (Å²) >= 11 is 0. The van der Waals surface area contributed by atoms with Crippen molar-refractivity contribution in [2.75, 3.05) is 6.54 Å². The van der Waals surface area contributed by atoms with Gasteiger partial charge in [0.05, 0.1) is 5.69 Å².